The van der Waals surface area contributed by atoms with Gasteiger partial charge in [-0.1, -0.05) is 6.07 Å². The van der Waals surface area contributed by atoms with Crippen molar-refractivity contribution in [3.8, 4) is 0 Å². The molecule has 0 atom stereocenters. The van der Waals surface area contributed by atoms with E-state index in [-0.39, 0.29) is 0 Å². The van der Waals surface area contributed by atoms with Crippen LogP contribution in [0.15, 0.2) is 47.3 Å². The van der Waals surface area contributed by atoms with Gasteiger partial charge in [-0.25, -0.2) is 14.4 Å². The number of hydrogen-bond donors (Lipinski definition) is 3. The molecule has 4 rings (SSSR count). The van der Waals surface area contributed by atoms with Crippen LogP contribution in [0.2, 0.25) is 0 Å². The Morgan fingerprint density at radius 3 is 1.57 bits per heavy atom. The predicted octanol–water partition coefficient (Wildman–Crippen LogP) is 5.06. The second kappa shape index (κ2) is 16.3. The van der Waals surface area contributed by atoms with Gasteiger partial charge in [-0.05, 0) is 68.1 Å². The molecule has 0 aliphatic carbocycles. The lowest BCUT2D eigenvalue weighted by molar-refractivity contribution is -0.193. The number of likely N-dealkylation sites (tertiary alicyclic amines) is 2. The number of alkyl halides is 9. The third-order valence-electron chi connectivity index (χ3n) is 6.25. The molecular weight excluding hydrogens is 625 g/mol. The molecule has 2 aromatic rings. The highest BCUT2D eigenvalue weighted by atomic mass is 19.4. The van der Waals surface area contributed by atoms with Gasteiger partial charge in [0.2, 0.25) is 0 Å². The highest BCUT2D eigenvalue weighted by molar-refractivity contribution is 5.73. The Labute approximate surface area is 243 Å². The fraction of sp³-hybridized carbons (Fsp3) is 0.520. The van der Waals surface area contributed by atoms with Crippen molar-refractivity contribution in [2.45, 2.75) is 50.9 Å². The predicted molar refractivity (Wildman–Crippen MR) is 131 cm³/mol. The van der Waals surface area contributed by atoms with Crippen molar-refractivity contribution in [2.24, 2.45) is 5.41 Å². The summed E-state index contributed by atoms with van der Waals surface area (Å²) in [5, 5.41) is 21.4. The Kier molecular flexibility index (Phi) is 14.1. The zero-order valence-corrected chi connectivity index (χ0v) is 22.6. The number of hydrogen-bond acceptors (Lipinski definition) is 7. The smallest absolute Gasteiger partial charge is 0.475 e. The Hall–Kier alpha value is -3.87. The van der Waals surface area contributed by atoms with Gasteiger partial charge in [-0.3, -0.25) is 14.8 Å². The van der Waals surface area contributed by atoms with E-state index >= 15 is 0 Å². The molecule has 4 heterocycles. The highest BCUT2D eigenvalue weighted by Gasteiger charge is 2.41. The number of aromatic nitrogens is 1. The number of nitrogens with zero attached hydrogens (tertiary/aromatic N) is 3. The van der Waals surface area contributed by atoms with Crippen LogP contribution in [-0.2, 0) is 27.5 Å². The van der Waals surface area contributed by atoms with Crippen LogP contribution in [0.1, 0.15) is 30.6 Å². The van der Waals surface area contributed by atoms with E-state index in [1.165, 1.54) is 51.0 Å². The van der Waals surface area contributed by atoms with Crippen LogP contribution in [0.3, 0.4) is 0 Å². The van der Waals surface area contributed by atoms with Gasteiger partial charge in [0.1, 0.15) is 5.76 Å². The summed E-state index contributed by atoms with van der Waals surface area (Å²) in [6, 6.07) is 8.28. The van der Waals surface area contributed by atoms with Gasteiger partial charge in [-0.15, -0.1) is 0 Å². The minimum atomic E-state index is -5.08. The molecule has 10 nitrogen and oxygen atoms in total. The molecular formula is C25H28F9N3O7. The lowest BCUT2D eigenvalue weighted by Crippen LogP contribution is -2.41. The number of aliphatic carboxylic acids is 3. The fourth-order valence-electron chi connectivity index (χ4n) is 4.13. The van der Waals surface area contributed by atoms with Gasteiger partial charge in [0.05, 0.1) is 12.8 Å². The first-order valence-electron chi connectivity index (χ1n) is 12.4. The molecule has 2 aliphatic rings. The normalized spacial score (nSPS) is 16.8. The van der Waals surface area contributed by atoms with Gasteiger partial charge in [0.15, 0.2) is 0 Å². The largest absolute Gasteiger partial charge is 0.490 e. The van der Waals surface area contributed by atoms with Gasteiger partial charge in [0.25, 0.3) is 0 Å². The summed E-state index contributed by atoms with van der Waals surface area (Å²) in [6.07, 6.45) is -5.65. The molecule has 0 amide bonds. The molecule has 19 heteroatoms. The quantitative estimate of drug-likeness (QED) is 0.383. The number of carbonyl (C=O) groups is 3. The van der Waals surface area contributed by atoms with Gasteiger partial charge in [0, 0.05) is 25.5 Å². The SMILES string of the molecule is O=C(O)C(F)(F)F.O=C(O)C(F)(F)F.O=C(O)C(F)(F)F.c1cncc(CN2CCC3(CCN(Cc4ccco4)CC3)C2)c1. The molecule has 0 radical (unpaired) electrons. The third-order valence-corrected chi connectivity index (χ3v) is 6.25. The molecule has 248 valence electrons. The highest BCUT2D eigenvalue weighted by Crippen LogP contribution is 2.41. The van der Waals surface area contributed by atoms with E-state index in [4.69, 9.17) is 34.1 Å². The Balaban J connectivity index is 0.000000379. The van der Waals surface area contributed by atoms with Crippen molar-refractivity contribution in [1.29, 1.82) is 0 Å². The summed E-state index contributed by atoms with van der Waals surface area (Å²) in [6.45, 7) is 6.88. The number of rotatable bonds is 4. The maximum atomic E-state index is 10.6. The summed E-state index contributed by atoms with van der Waals surface area (Å²) in [4.78, 5) is 36.1. The molecule has 1 spiro atoms. The van der Waals surface area contributed by atoms with Crippen molar-refractivity contribution in [3.63, 3.8) is 0 Å². The number of furan rings is 1. The average molecular weight is 653 g/mol. The molecule has 0 bridgehead atoms. The van der Waals surface area contributed by atoms with Crippen LogP contribution in [0.5, 0.6) is 0 Å². The molecule has 3 N–H and O–H groups in total. The third kappa shape index (κ3) is 14.5. The number of carboxylic acid groups (broad SMARTS) is 3. The van der Waals surface area contributed by atoms with E-state index in [1.54, 1.807) is 6.26 Å². The van der Waals surface area contributed by atoms with E-state index in [9.17, 15) is 39.5 Å². The summed E-state index contributed by atoms with van der Waals surface area (Å²) >= 11 is 0. The van der Waals surface area contributed by atoms with Gasteiger partial charge >= 0.3 is 36.4 Å². The number of halogens is 9. The summed E-state index contributed by atoms with van der Waals surface area (Å²) in [5.74, 6) is -7.18. The van der Waals surface area contributed by atoms with E-state index < -0.39 is 36.4 Å². The number of carboxylic acids is 3. The van der Waals surface area contributed by atoms with Crippen LogP contribution in [0, 0.1) is 5.41 Å². The van der Waals surface area contributed by atoms with E-state index in [1.807, 2.05) is 24.5 Å². The van der Waals surface area contributed by atoms with Crippen LogP contribution < -0.4 is 0 Å². The lowest BCUT2D eigenvalue weighted by atomic mass is 9.78. The van der Waals surface area contributed by atoms with E-state index in [0.29, 0.717) is 5.41 Å². The monoisotopic (exact) mass is 653 g/mol. The topological polar surface area (TPSA) is 144 Å². The van der Waals surface area contributed by atoms with E-state index in [0.717, 1.165) is 18.8 Å². The number of pyridine rings is 1. The van der Waals surface area contributed by atoms with Crippen molar-refractivity contribution < 1.29 is 73.6 Å². The minimum absolute atomic E-state index is 0.544. The van der Waals surface area contributed by atoms with Gasteiger partial charge in [-0.2, -0.15) is 39.5 Å². The van der Waals surface area contributed by atoms with Crippen LogP contribution in [-0.4, -0.2) is 92.7 Å². The Morgan fingerprint density at radius 2 is 1.20 bits per heavy atom. The maximum absolute atomic E-state index is 10.6. The molecule has 2 aromatic heterocycles. The lowest BCUT2D eigenvalue weighted by Gasteiger charge is -2.39. The Morgan fingerprint density at radius 1 is 0.750 bits per heavy atom. The zero-order chi connectivity index (χ0) is 33.8. The molecule has 44 heavy (non-hydrogen) atoms. The second-order valence-electron chi connectivity index (χ2n) is 9.59. The molecule has 2 saturated heterocycles. The summed E-state index contributed by atoms with van der Waals surface area (Å²) in [7, 11) is 0. The summed E-state index contributed by atoms with van der Waals surface area (Å²) < 4.78 is 101. The molecule has 0 unspecified atom stereocenters. The first-order chi connectivity index (χ1) is 20.1. The minimum Gasteiger partial charge on any atom is -0.475 e. The Bertz CT molecular complexity index is 1110. The maximum Gasteiger partial charge on any atom is 0.490 e. The molecule has 2 aliphatic heterocycles. The van der Waals surface area contributed by atoms with E-state index in [2.05, 4.69) is 26.9 Å². The summed E-state index contributed by atoms with van der Waals surface area (Å²) in [5.41, 5.74) is 1.88. The second-order valence-corrected chi connectivity index (χ2v) is 9.59. The fourth-order valence-corrected chi connectivity index (χ4v) is 4.13. The average Bonchev–Trinajstić information content (AvgIpc) is 3.56. The van der Waals surface area contributed by atoms with Crippen molar-refractivity contribution in [1.82, 2.24) is 14.8 Å². The van der Waals surface area contributed by atoms with Crippen LogP contribution >= 0.6 is 0 Å². The van der Waals surface area contributed by atoms with Crippen LogP contribution in [0.4, 0.5) is 39.5 Å². The van der Waals surface area contributed by atoms with Crippen molar-refractivity contribution >= 4 is 17.9 Å². The van der Waals surface area contributed by atoms with Crippen LogP contribution in [0.25, 0.3) is 0 Å². The first kappa shape index (κ1) is 38.2. The standard InChI is InChI=1S/C19H25N3O.3C2HF3O2/c1-3-17(13-20-8-1)14-22-11-7-19(16-22)5-9-21(10-6-19)15-18-4-2-12-23-18;3*3-2(4,5)1(6)7/h1-4,8,12-13H,5-7,9-11,14-16H2;3*(H,6,7). The molecule has 2 fully saturated rings. The van der Waals surface area contributed by atoms with Crippen molar-refractivity contribution in [2.75, 3.05) is 26.2 Å². The zero-order valence-electron chi connectivity index (χ0n) is 22.6. The van der Waals surface area contributed by atoms with Gasteiger partial charge < -0.3 is 19.7 Å². The molecule has 0 saturated carbocycles. The first-order valence-corrected chi connectivity index (χ1v) is 12.4. The van der Waals surface area contributed by atoms with Crippen molar-refractivity contribution in [3.05, 3.63) is 54.2 Å². The molecule has 0 aromatic carbocycles. The number of piperidine rings is 1.